The second-order valence-corrected chi connectivity index (χ2v) is 9.00. The molecule has 0 spiro atoms. The minimum absolute atomic E-state index is 0.358. The van der Waals surface area contributed by atoms with Crippen molar-refractivity contribution in [1.29, 1.82) is 0 Å². The Morgan fingerprint density at radius 2 is 1.82 bits per heavy atom. The van der Waals surface area contributed by atoms with Crippen LogP contribution in [0, 0.1) is 20.8 Å². The van der Waals surface area contributed by atoms with Crippen molar-refractivity contribution in [2.45, 2.75) is 27.3 Å². The van der Waals surface area contributed by atoms with Crippen LogP contribution in [0.2, 0.25) is 5.02 Å². The number of piperazine rings is 1. The first-order valence-corrected chi connectivity index (χ1v) is 11.9. The van der Waals surface area contributed by atoms with Gasteiger partial charge in [0.1, 0.15) is 5.76 Å². The molecule has 10 heteroatoms. The Balaban J connectivity index is 1.50. The first kappa shape index (κ1) is 24.0. The van der Waals surface area contributed by atoms with Gasteiger partial charge in [0, 0.05) is 48.3 Å². The predicted octanol–water partition coefficient (Wildman–Crippen LogP) is 4.31. The van der Waals surface area contributed by atoms with Crippen LogP contribution in [-0.2, 0) is 6.54 Å². The zero-order chi connectivity index (χ0) is 24.1. The second-order valence-electron chi connectivity index (χ2n) is 8.18. The van der Waals surface area contributed by atoms with Crippen LogP contribution >= 0.6 is 23.8 Å². The van der Waals surface area contributed by atoms with Crippen LogP contribution in [0.25, 0.3) is 0 Å². The van der Waals surface area contributed by atoms with Crippen molar-refractivity contribution < 1.29 is 4.42 Å². The average molecular weight is 498 g/mol. The van der Waals surface area contributed by atoms with Crippen LogP contribution in [-0.4, -0.2) is 52.1 Å². The molecule has 34 heavy (non-hydrogen) atoms. The molecule has 1 fully saturated rings. The predicted molar refractivity (Wildman–Crippen MR) is 141 cm³/mol. The molecule has 0 aliphatic carbocycles. The van der Waals surface area contributed by atoms with Crippen molar-refractivity contribution in [1.82, 2.24) is 20.2 Å². The summed E-state index contributed by atoms with van der Waals surface area (Å²) in [6.45, 7) is 9.60. The SMILES string of the molecule is Cc1cc(C)nc(N/C(=N/C(=S)NCc2ccco2)N2CCN(c3cc(Cl)ccc3C)CC2)n1. The first-order chi connectivity index (χ1) is 16.4. The largest absolute Gasteiger partial charge is 0.467 e. The Kier molecular flexibility index (Phi) is 7.64. The molecule has 4 rings (SSSR count). The quantitative estimate of drug-likeness (QED) is 0.313. The molecule has 178 valence electrons. The standard InChI is InChI=1S/C24H28ClN7OS/c1-16-6-7-19(25)14-21(16)31-8-10-32(11-9-31)23(29-22-27-17(2)13-18(3)28-22)30-24(34)26-15-20-5-4-12-33-20/h4-7,12-14H,8-11,15H2,1-3H3,(H2,26,27,28,29,30,34). The number of anilines is 2. The molecule has 1 aromatic carbocycles. The van der Waals surface area contributed by atoms with Crippen molar-refractivity contribution in [2.75, 3.05) is 36.4 Å². The number of hydrogen-bond acceptors (Lipinski definition) is 5. The summed E-state index contributed by atoms with van der Waals surface area (Å²) in [5.41, 5.74) is 4.13. The van der Waals surface area contributed by atoms with Gasteiger partial charge >= 0.3 is 0 Å². The van der Waals surface area contributed by atoms with E-state index in [0.717, 1.165) is 54.0 Å². The number of benzene rings is 1. The van der Waals surface area contributed by atoms with Gasteiger partial charge in [0.2, 0.25) is 11.9 Å². The second kappa shape index (κ2) is 10.8. The third-order valence-corrected chi connectivity index (χ3v) is 5.97. The van der Waals surface area contributed by atoms with E-state index in [0.29, 0.717) is 23.6 Å². The summed E-state index contributed by atoms with van der Waals surface area (Å²) in [4.78, 5) is 18.2. The van der Waals surface area contributed by atoms with Crippen LogP contribution in [0.1, 0.15) is 22.7 Å². The Bertz CT molecular complexity index is 1150. The van der Waals surface area contributed by atoms with Crippen molar-refractivity contribution >= 4 is 46.5 Å². The summed E-state index contributed by atoms with van der Waals surface area (Å²) in [6.07, 6.45) is 1.63. The number of hydrogen-bond donors (Lipinski definition) is 2. The lowest BCUT2D eigenvalue weighted by atomic mass is 10.1. The third-order valence-electron chi connectivity index (χ3n) is 5.50. The number of rotatable bonds is 4. The van der Waals surface area contributed by atoms with E-state index in [-0.39, 0.29) is 0 Å². The number of aliphatic imine (C=N–C) groups is 1. The summed E-state index contributed by atoms with van der Waals surface area (Å²) in [6, 6.07) is 11.7. The zero-order valence-electron chi connectivity index (χ0n) is 19.5. The normalized spacial score (nSPS) is 14.3. The number of halogens is 1. The number of furan rings is 1. The topological polar surface area (TPSA) is 81.8 Å². The molecule has 0 unspecified atom stereocenters. The van der Waals surface area contributed by atoms with Crippen LogP contribution in [0.15, 0.2) is 52.1 Å². The maximum atomic E-state index is 6.25. The molecule has 8 nitrogen and oxygen atoms in total. The molecule has 0 saturated carbocycles. The molecule has 1 saturated heterocycles. The van der Waals surface area contributed by atoms with Gasteiger partial charge in [-0.25, -0.2) is 9.97 Å². The monoisotopic (exact) mass is 497 g/mol. The number of guanidine groups is 1. The Hall–Kier alpha value is -3.17. The molecule has 0 radical (unpaired) electrons. The van der Waals surface area contributed by atoms with E-state index in [1.807, 2.05) is 44.2 Å². The molecule has 2 N–H and O–H groups in total. The van der Waals surface area contributed by atoms with E-state index in [1.165, 1.54) is 5.56 Å². The van der Waals surface area contributed by atoms with Gasteiger partial charge in [-0.3, -0.25) is 5.32 Å². The Labute approximate surface area is 210 Å². The van der Waals surface area contributed by atoms with Gasteiger partial charge in [-0.2, -0.15) is 4.99 Å². The summed E-state index contributed by atoms with van der Waals surface area (Å²) < 4.78 is 5.37. The van der Waals surface area contributed by atoms with Crippen molar-refractivity contribution in [3.8, 4) is 0 Å². The Morgan fingerprint density at radius 3 is 2.50 bits per heavy atom. The Morgan fingerprint density at radius 1 is 1.09 bits per heavy atom. The van der Waals surface area contributed by atoms with Crippen molar-refractivity contribution in [3.63, 3.8) is 0 Å². The highest BCUT2D eigenvalue weighted by atomic mass is 35.5. The van der Waals surface area contributed by atoms with Crippen LogP contribution in [0.3, 0.4) is 0 Å². The molecule has 1 aliphatic heterocycles. The van der Waals surface area contributed by atoms with Crippen molar-refractivity contribution in [2.24, 2.45) is 4.99 Å². The zero-order valence-corrected chi connectivity index (χ0v) is 21.1. The number of nitrogens with zero attached hydrogens (tertiary/aromatic N) is 5. The molecule has 1 aliphatic rings. The minimum Gasteiger partial charge on any atom is -0.467 e. The van der Waals surface area contributed by atoms with Gasteiger partial charge in [0.05, 0.1) is 12.8 Å². The first-order valence-electron chi connectivity index (χ1n) is 11.1. The highest BCUT2D eigenvalue weighted by Crippen LogP contribution is 2.25. The lowest BCUT2D eigenvalue weighted by Crippen LogP contribution is -2.51. The molecule has 0 atom stereocenters. The lowest BCUT2D eigenvalue weighted by molar-refractivity contribution is 0.385. The van der Waals surface area contributed by atoms with Gasteiger partial charge in [-0.15, -0.1) is 0 Å². The van der Waals surface area contributed by atoms with Crippen LogP contribution in [0.5, 0.6) is 0 Å². The van der Waals surface area contributed by atoms with Gasteiger partial charge in [-0.1, -0.05) is 17.7 Å². The van der Waals surface area contributed by atoms with E-state index in [1.54, 1.807) is 6.26 Å². The maximum Gasteiger partial charge on any atom is 0.229 e. The molecule has 2 aromatic heterocycles. The summed E-state index contributed by atoms with van der Waals surface area (Å²) in [5, 5.41) is 7.52. The number of nitrogens with one attached hydrogen (secondary N) is 2. The fourth-order valence-electron chi connectivity index (χ4n) is 3.85. The van der Waals surface area contributed by atoms with Gasteiger partial charge in [-0.05, 0) is 68.9 Å². The molecular weight excluding hydrogens is 470 g/mol. The number of thiocarbonyl (C=S) groups is 1. The minimum atomic E-state index is 0.358. The highest BCUT2D eigenvalue weighted by Gasteiger charge is 2.22. The van der Waals surface area contributed by atoms with Gasteiger partial charge in [0.15, 0.2) is 5.11 Å². The van der Waals surface area contributed by atoms with E-state index < -0.39 is 0 Å². The van der Waals surface area contributed by atoms with Crippen LogP contribution < -0.4 is 15.5 Å². The van der Waals surface area contributed by atoms with E-state index in [9.17, 15) is 0 Å². The fourth-order valence-corrected chi connectivity index (χ4v) is 4.18. The van der Waals surface area contributed by atoms with Gasteiger partial charge in [0.25, 0.3) is 0 Å². The third kappa shape index (κ3) is 6.24. The van der Waals surface area contributed by atoms with E-state index >= 15 is 0 Å². The van der Waals surface area contributed by atoms with Crippen LogP contribution in [0.4, 0.5) is 11.6 Å². The fraction of sp³-hybridized carbons (Fsp3) is 0.333. The highest BCUT2D eigenvalue weighted by molar-refractivity contribution is 7.80. The van der Waals surface area contributed by atoms with E-state index in [2.05, 4.69) is 48.4 Å². The summed E-state index contributed by atoms with van der Waals surface area (Å²) in [5.74, 6) is 1.90. The smallest absolute Gasteiger partial charge is 0.229 e. The van der Waals surface area contributed by atoms with E-state index in [4.69, 9.17) is 28.2 Å². The lowest BCUT2D eigenvalue weighted by Gasteiger charge is -2.38. The number of aryl methyl sites for hydroxylation is 3. The summed E-state index contributed by atoms with van der Waals surface area (Å²) >= 11 is 11.7. The van der Waals surface area contributed by atoms with Gasteiger partial charge < -0.3 is 19.5 Å². The molecule has 0 amide bonds. The van der Waals surface area contributed by atoms with Crippen molar-refractivity contribution in [3.05, 3.63) is 70.4 Å². The molecule has 0 bridgehead atoms. The molecule has 3 aromatic rings. The maximum absolute atomic E-state index is 6.25. The number of aromatic nitrogens is 2. The molecule has 3 heterocycles. The average Bonchev–Trinajstić information content (AvgIpc) is 3.32. The molecular formula is C24H28ClN7OS. The summed E-state index contributed by atoms with van der Waals surface area (Å²) in [7, 11) is 0.